The third-order valence-corrected chi connectivity index (χ3v) is 4.95. The van der Waals surface area contributed by atoms with Crippen LogP contribution in [0.1, 0.15) is 38.5 Å². The second-order valence-electron chi connectivity index (χ2n) is 6.69. The summed E-state index contributed by atoms with van der Waals surface area (Å²) in [4.78, 5) is 27.2. The molecule has 2 unspecified atom stereocenters. The first-order chi connectivity index (χ1) is 10.1. The van der Waals surface area contributed by atoms with Crippen LogP contribution in [-0.4, -0.2) is 65.2 Å². The van der Waals surface area contributed by atoms with Crippen molar-refractivity contribution in [3.05, 3.63) is 0 Å². The number of carbonyl (C=O) groups is 2. The summed E-state index contributed by atoms with van der Waals surface area (Å²) in [5.41, 5.74) is 0. The van der Waals surface area contributed by atoms with Gasteiger partial charge in [-0.15, -0.1) is 0 Å². The van der Waals surface area contributed by atoms with Gasteiger partial charge in [0, 0.05) is 44.7 Å². The van der Waals surface area contributed by atoms with Gasteiger partial charge in [0.25, 0.3) is 0 Å². The Kier molecular flexibility index (Phi) is 4.33. The van der Waals surface area contributed by atoms with Gasteiger partial charge in [0.2, 0.25) is 0 Å². The highest BCUT2D eigenvalue weighted by Crippen LogP contribution is 2.30. The predicted molar refractivity (Wildman–Crippen MR) is 78.1 cm³/mol. The molecule has 2 saturated heterocycles. The van der Waals surface area contributed by atoms with Crippen LogP contribution in [-0.2, 0) is 4.79 Å². The summed E-state index contributed by atoms with van der Waals surface area (Å²) in [6.07, 6.45) is 5.51. The molecule has 1 aliphatic carbocycles. The summed E-state index contributed by atoms with van der Waals surface area (Å²) >= 11 is 0. The van der Waals surface area contributed by atoms with E-state index in [2.05, 4.69) is 10.2 Å². The van der Waals surface area contributed by atoms with E-state index >= 15 is 0 Å². The van der Waals surface area contributed by atoms with Crippen LogP contribution in [0.2, 0.25) is 0 Å². The number of carboxylic acid groups (broad SMARTS) is 1. The Morgan fingerprint density at radius 3 is 2.62 bits per heavy atom. The standard InChI is InChI=1S/C15H25N3O3/c19-14(20)4-1-11-5-7-18(9-11)15(21)16-12-6-8-17(10-12)13-2-3-13/h11-13H,1-10H2,(H,16,21)(H,19,20). The van der Waals surface area contributed by atoms with Crippen molar-refractivity contribution in [2.24, 2.45) is 5.92 Å². The molecular formula is C15H25N3O3. The molecule has 1 saturated carbocycles. The van der Waals surface area contributed by atoms with Crippen molar-refractivity contribution in [2.75, 3.05) is 26.2 Å². The molecule has 0 aromatic carbocycles. The molecule has 6 heteroatoms. The number of nitrogens with zero attached hydrogens (tertiary/aromatic N) is 2. The van der Waals surface area contributed by atoms with Crippen molar-refractivity contribution in [2.45, 2.75) is 50.6 Å². The van der Waals surface area contributed by atoms with Gasteiger partial charge in [-0.2, -0.15) is 0 Å². The zero-order valence-electron chi connectivity index (χ0n) is 12.5. The summed E-state index contributed by atoms with van der Waals surface area (Å²) in [6, 6.07) is 1.10. The molecule has 3 fully saturated rings. The van der Waals surface area contributed by atoms with Gasteiger partial charge in [0.15, 0.2) is 0 Å². The Morgan fingerprint density at radius 2 is 1.90 bits per heavy atom. The molecule has 3 rings (SSSR count). The molecule has 0 bridgehead atoms. The van der Waals surface area contributed by atoms with Crippen LogP contribution < -0.4 is 5.32 Å². The minimum atomic E-state index is -0.746. The minimum absolute atomic E-state index is 0.0375. The third kappa shape index (κ3) is 3.87. The van der Waals surface area contributed by atoms with Gasteiger partial charge in [-0.3, -0.25) is 9.69 Å². The van der Waals surface area contributed by atoms with Gasteiger partial charge in [-0.05, 0) is 38.0 Å². The maximum atomic E-state index is 12.3. The summed E-state index contributed by atoms with van der Waals surface area (Å²) in [6.45, 7) is 3.57. The van der Waals surface area contributed by atoms with Crippen LogP contribution in [0.25, 0.3) is 0 Å². The minimum Gasteiger partial charge on any atom is -0.481 e. The van der Waals surface area contributed by atoms with Crippen LogP contribution >= 0.6 is 0 Å². The SMILES string of the molecule is O=C(O)CCC1CCN(C(=O)NC2CCN(C3CC3)C2)C1. The van der Waals surface area contributed by atoms with Crippen LogP contribution in [0.15, 0.2) is 0 Å². The van der Waals surface area contributed by atoms with Gasteiger partial charge in [0.1, 0.15) is 0 Å². The largest absolute Gasteiger partial charge is 0.481 e. The van der Waals surface area contributed by atoms with Crippen molar-refractivity contribution in [3.8, 4) is 0 Å². The lowest BCUT2D eigenvalue weighted by Gasteiger charge is -2.21. The third-order valence-electron chi connectivity index (χ3n) is 4.95. The van der Waals surface area contributed by atoms with Gasteiger partial charge in [-0.25, -0.2) is 4.79 Å². The quantitative estimate of drug-likeness (QED) is 0.797. The predicted octanol–water partition coefficient (Wildman–Crippen LogP) is 1.12. The number of hydrogen-bond acceptors (Lipinski definition) is 3. The van der Waals surface area contributed by atoms with Crippen LogP contribution in [0.3, 0.4) is 0 Å². The second kappa shape index (κ2) is 6.22. The van der Waals surface area contributed by atoms with E-state index in [9.17, 15) is 9.59 Å². The average Bonchev–Trinajstić information content (AvgIpc) is 3.01. The number of nitrogens with one attached hydrogen (secondary N) is 1. The lowest BCUT2D eigenvalue weighted by molar-refractivity contribution is -0.137. The first kappa shape index (κ1) is 14.6. The van der Waals surface area contributed by atoms with E-state index in [-0.39, 0.29) is 18.5 Å². The molecule has 0 aromatic heterocycles. The Hall–Kier alpha value is -1.30. The average molecular weight is 295 g/mol. The molecule has 0 aromatic rings. The molecule has 3 aliphatic rings. The molecule has 0 spiro atoms. The van der Waals surface area contributed by atoms with E-state index < -0.39 is 5.97 Å². The number of hydrogen-bond donors (Lipinski definition) is 2. The van der Waals surface area contributed by atoms with Crippen LogP contribution in [0, 0.1) is 5.92 Å². The number of urea groups is 1. The van der Waals surface area contributed by atoms with Crippen molar-refractivity contribution >= 4 is 12.0 Å². The summed E-state index contributed by atoms with van der Waals surface area (Å²) in [5.74, 6) is -0.401. The maximum absolute atomic E-state index is 12.3. The lowest BCUT2D eigenvalue weighted by Crippen LogP contribution is -2.45. The topological polar surface area (TPSA) is 72.9 Å². The highest BCUT2D eigenvalue weighted by atomic mass is 16.4. The van der Waals surface area contributed by atoms with Crippen molar-refractivity contribution < 1.29 is 14.7 Å². The zero-order chi connectivity index (χ0) is 14.8. The van der Waals surface area contributed by atoms with E-state index in [1.807, 2.05) is 4.90 Å². The fourth-order valence-corrected chi connectivity index (χ4v) is 3.52. The molecule has 2 amide bonds. The van der Waals surface area contributed by atoms with Crippen molar-refractivity contribution in [1.29, 1.82) is 0 Å². The van der Waals surface area contributed by atoms with E-state index in [0.717, 1.165) is 38.5 Å². The Balaban J connectivity index is 1.38. The zero-order valence-corrected chi connectivity index (χ0v) is 12.5. The number of rotatable bonds is 5. The monoisotopic (exact) mass is 295 g/mol. The highest BCUT2D eigenvalue weighted by molar-refractivity contribution is 5.75. The normalized spacial score (nSPS) is 29.8. The molecule has 21 heavy (non-hydrogen) atoms. The number of aliphatic carboxylic acids is 1. The van der Waals surface area contributed by atoms with E-state index in [4.69, 9.17) is 5.11 Å². The van der Waals surface area contributed by atoms with Crippen molar-refractivity contribution in [1.82, 2.24) is 15.1 Å². The Labute approximate surface area is 125 Å². The number of carbonyl (C=O) groups excluding carboxylic acids is 1. The number of likely N-dealkylation sites (tertiary alicyclic amines) is 2. The Bertz CT molecular complexity index is 411. The van der Waals surface area contributed by atoms with Gasteiger partial charge >= 0.3 is 12.0 Å². The highest BCUT2D eigenvalue weighted by Gasteiger charge is 2.35. The first-order valence-electron chi connectivity index (χ1n) is 8.13. The molecule has 2 N–H and O–H groups in total. The fraction of sp³-hybridized carbons (Fsp3) is 0.867. The molecule has 2 heterocycles. The lowest BCUT2D eigenvalue weighted by atomic mass is 10.0. The molecule has 118 valence electrons. The van der Waals surface area contributed by atoms with Gasteiger partial charge in [-0.1, -0.05) is 0 Å². The molecule has 2 atom stereocenters. The summed E-state index contributed by atoms with van der Waals surface area (Å²) < 4.78 is 0. The number of carboxylic acids is 1. The van der Waals surface area contributed by atoms with E-state index in [1.165, 1.54) is 12.8 Å². The maximum Gasteiger partial charge on any atom is 0.317 e. The van der Waals surface area contributed by atoms with E-state index in [0.29, 0.717) is 18.9 Å². The molecule has 2 aliphatic heterocycles. The van der Waals surface area contributed by atoms with Crippen LogP contribution in [0.5, 0.6) is 0 Å². The summed E-state index contributed by atoms with van der Waals surface area (Å²) in [5, 5.41) is 11.9. The van der Waals surface area contributed by atoms with Crippen molar-refractivity contribution in [3.63, 3.8) is 0 Å². The van der Waals surface area contributed by atoms with Crippen LogP contribution in [0.4, 0.5) is 4.79 Å². The molecule has 0 radical (unpaired) electrons. The molecule has 6 nitrogen and oxygen atoms in total. The number of amides is 2. The summed E-state index contributed by atoms with van der Waals surface area (Å²) in [7, 11) is 0. The molecular weight excluding hydrogens is 270 g/mol. The van der Waals surface area contributed by atoms with Gasteiger partial charge in [0.05, 0.1) is 0 Å². The van der Waals surface area contributed by atoms with E-state index in [1.54, 1.807) is 0 Å². The first-order valence-corrected chi connectivity index (χ1v) is 8.13. The fourth-order valence-electron chi connectivity index (χ4n) is 3.52. The Morgan fingerprint density at radius 1 is 1.10 bits per heavy atom. The van der Waals surface area contributed by atoms with Gasteiger partial charge < -0.3 is 15.3 Å². The second-order valence-corrected chi connectivity index (χ2v) is 6.69. The smallest absolute Gasteiger partial charge is 0.317 e.